The Labute approximate surface area is 87.8 Å². The van der Waals surface area contributed by atoms with Gasteiger partial charge in [0, 0.05) is 19.3 Å². The molecule has 0 unspecified atom stereocenters. The SMILES string of the molecule is CS(=O)(=O)NCCn1cccc(N)c1=O. The van der Waals surface area contributed by atoms with Crippen LogP contribution in [-0.2, 0) is 16.6 Å². The van der Waals surface area contributed by atoms with Crippen molar-refractivity contribution in [3.05, 3.63) is 28.7 Å². The smallest absolute Gasteiger partial charge is 0.273 e. The van der Waals surface area contributed by atoms with Crippen molar-refractivity contribution < 1.29 is 8.42 Å². The molecule has 0 radical (unpaired) electrons. The average molecular weight is 231 g/mol. The van der Waals surface area contributed by atoms with E-state index in [2.05, 4.69) is 4.72 Å². The zero-order valence-corrected chi connectivity index (χ0v) is 9.12. The number of rotatable bonds is 4. The maximum Gasteiger partial charge on any atom is 0.273 e. The number of aromatic nitrogens is 1. The molecule has 0 aromatic carbocycles. The summed E-state index contributed by atoms with van der Waals surface area (Å²) < 4.78 is 25.1. The molecule has 0 aliphatic rings. The summed E-state index contributed by atoms with van der Waals surface area (Å²) in [5.74, 6) is 0. The van der Waals surface area contributed by atoms with E-state index in [1.54, 1.807) is 12.3 Å². The molecule has 1 aromatic heterocycles. The highest BCUT2D eigenvalue weighted by Crippen LogP contribution is 1.91. The fourth-order valence-corrected chi connectivity index (χ4v) is 1.55. The molecule has 0 spiro atoms. The van der Waals surface area contributed by atoms with Gasteiger partial charge in [-0.1, -0.05) is 0 Å². The predicted molar refractivity (Wildman–Crippen MR) is 58.0 cm³/mol. The topological polar surface area (TPSA) is 94.2 Å². The number of nitrogen functional groups attached to an aromatic ring is 1. The van der Waals surface area contributed by atoms with E-state index in [0.29, 0.717) is 0 Å². The van der Waals surface area contributed by atoms with Crippen molar-refractivity contribution in [2.24, 2.45) is 0 Å². The number of nitrogens with one attached hydrogen (secondary N) is 1. The van der Waals surface area contributed by atoms with Crippen LogP contribution in [0.15, 0.2) is 23.1 Å². The minimum absolute atomic E-state index is 0.150. The number of hydrogen-bond acceptors (Lipinski definition) is 4. The zero-order chi connectivity index (χ0) is 11.5. The fraction of sp³-hybridized carbons (Fsp3) is 0.375. The molecular weight excluding hydrogens is 218 g/mol. The maximum absolute atomic E-state index is 11.4. The van der Waals surface area contributed by atoms with Crippen LogP contribution in [-0.4, -0.2) is 25.8 Å². The molecule has 1 heterocycles. The second-order valence-electron chi connectivity index (χ2n) is 3.13. The van der Waals surface area contributed by atoms with E-state index in [0.717, 1.165) is 6.26 Å². The number of anilines is 1. The van der Waals surface area contributed by atoms with Crippen molar-refractivity contribution in [3.8, 4) is 0 Å². The van der Waals surface area contributed by atoms with Gasteiger partial charge in [-0.05, 0) is 12.1 Å². The lowest BCUT2D eigenvalue weighted by Gasteiger charge is -2.06. The molecule has 0 saturated heterocycles. The summed E-state index contributed by atoms with van der Waals surface area (Å²) >= 11 is 0. The van der Waals surface area contributed by atoms with E-state index in [4.69, 9.17) is 5.73 Å². The fourth-order valence-electron chi connectivity index (χ4n) is 1.08. The first-order valence-electron chi connectivity index (χ1n) is 4.30. The summed E-state index contributed by atoms with van der Waals surface area (Å²) in [4.78, 5) is 11.4. The summed E-state index contributed by atoms with van der Waals surface area (Å²) in [6.07, 6.45) is 2.62. The lowest BCUT2D eigenvalue weighted by Crippen LogP contribution is -2.30. The highest BCUT2D eigenvalue weighted by molar-refractivity contribution is 7.88. The summed E-state index contributed by atoms with van der Waals surface area (Å²) in [5.41, 5.74) is 5.24. The molecule has 7 heteroatoms. The molecule has 6 nitrogen and oxygen atoms in total. The minimum Gasteiger partial charge on any atom is -0.394 e. The van der Waals surface area contributed by atoms with Gasteiger partial charge < -0.3 is 10.3 Å². The summed E-state index contributed by atoms with van der Waals surface area (Å²) in [5, 5.41) is 0. The van der Waals surface area contributed by atoms with Crippen molar-refractivity contribution >= 4 is 15.7 Å². The Kier molecular flexibility index (Phi) is 3.48. The third-order valence-electron chi connectivity index (χ3n) is 1.77. The molecule has 1 rings (SSSR count). The Morgan fingerprint density at radius 1 is 1.53 bits per heavy atom. The molecule has 84 valence electrons. The Morgan fingerprint density at radius 3 is 2.80 bits per heavy atom. The second kappa shape index (κ2) is 4.45. The summed E-state index contributed by atoms with van der Waals surface area (Å²) in [6.45, 7) is 0.430. The van der Waals surface area contributed by atoms with Gasteiger partial charge in [0.2, 0.25) is 10.0 Å². The molecule has 15 heavy (non-hydrogen) atoms. The van der Waals surface area contributed by atoms with Crippen LogP contribution in [0.2, 0.25) is 0 Å². The van der Waals surface area contributed by atoms with E-state index in [1.807, 2.05) is 0 Å². The summed E-state index contributed by atoms with van der Waals surface area (Å²) in [7, 11) is -3.21. The van der Waals surface area contributed by atoms with Crippen LogP contribution in [0.1, 0.15) is 0 Å². The maximum atomic E-state index is 11.4. The Morgan fingerprint density at radius 2 is 2.20 bits per heavy atom. The van der Waals surface area contributed by atoms with Crippen LogP contribution < -0.4 is 16.0 Å². The molecule has 0 fully saturated rings. The molecule has 0 atom stereocenters. The van der Waals surface area contributed by atoms with Gasteiger partial charge in [-0.25, -0.2) is 13.1 Å². The van der Waals surface area contributed by atoms with Gasteiger partial charge in [-0.3, -0.25) is 4.79 Å². The van der Waals surface area contributed by atoms with Gasteiger partial charge in [0.05, 0.1) is 11.9 Å². The normalized spacial score (nSPS) is 11.5. The number of pyridine rings is 1. The number of nitrogens with two attached hydrogens (primary N) is 1. The first kappa shape index (κ1) is 11.7. The number of sulfonamides is 1. The van der Waals surface area contributed by atoms with Gasteiger partial charge in [0.15, 0.2) is 0 Å². The first-order valence-corrected chi connectivity index (χ1v) is 6.19. The minimum atomic E-state index is -3.21. The van der Waals surface area contributed by atoms with Crippen LogP contribution in [0, 0.1) is 0 Å². The van der Waals surface area contributed by atoms with Crippen LogP contribution in [0.5, 0.6) is 0 Å². The van der Waals surface area contributed by atoms with Crippen molar-refractivity contribution in [2.45, 2.75) is 6.54 Å². The van der Waals surface area contributed by atoms with E-state index < -0.39 is 10.0 Å². The van der Waals surface area contributed by atoms with Gasteiger partial charge in [0.1, 0.15) is 0 Å². The Hall–Kier alpha value is -1.34. The monoisotopic (exact) mass is 231 g/mol. The van der Waals surface area contributed by atoms with E-state index in [1.165, 1.54) is 10.6 Å². The lowest BCUT2D eigenvalue weighted by atomic mass is 10.4. The van der Waals surface area contributed by atoms with Gasteiger partial charge in [-0.15, -0.1) is 0 Å². The van der Waals surface area contributed by atoms with Crippen molar-refractivity contribution in [3.63, 3.8) is 0 Å². The van der Waals surface area contributed by atoms with Crippen molar-refractivity contribution in [1.29, 1.82) is 0 Å². The van der Waals surface area contributed by atoms with Gasteiger partial charge in [-0.2, -0.15) is 0 Å². The molecule has 0 amide bonds. The van der Waals surface area contributed by atoms with Crippen LogP contribution in [0.3, 0.4) is 0 Å². The second-order valence-corrected chi connectivity index (χ2v) is 4.96. The van der Waals surface area contributed by atoms with Crippen LogP contribution in [0.25, 0.3) is 0 Å². The number of hydrogen-bond donors (Lipinski definition) is 2. The highest BCUT2D eigenvalue weighted by Gasteiger charge is 2.01. The van der Waals surface area contributed by atoms with Gasteiger partial charge in [0.25, 0.3) is 5.56 Å². The van der Waals surface area contributed by atoms with Crippen molar-refractivity contribution in [2.75, 3.05) is 18.5 Å². The molecule has 1 aromatic rings. The zero-order valence-electron chi connectivity index (χ0n) is 8.30. The quantitative estimate of drug-likeness (QED) is 0.693. The highest BCUT2D eigenvalue weighted by atomic mass is 32.2. The average Bonchev–Trinajstić information content (AvgIpc) is 2.10. The molecule has 0 aliphatic carbocycles. The van der Waals surface area contributed by atoms with Crippen LogP contribution >= 0.6 is 0 Å². The molecule has 0 bridgehead atoms. The van der Waals surface area contributed by atoms with E-state index in [9.17, 15) is 13.2 Å². The van der Waals surface area contributed by atoms with Gasteiger partial charge >= 0.3 is 0 Å². The van der Waals surface area contributed by atoms with E-state index >= 15 is 0 Å². The number of nitrogens with zero attached hydrogens (tertiary/aromatic N) is 1. The first-order chi connectivity index (χ1) is 6.90. The van der Waals surface area contributed by atoms with Crippen LogP contribution in [0.4, 0.5) is 5.69 Å². The Bertz CT molecular complexity index is 492. The largest absolute Gasteiger partial charge is 0.394 e. The third kappa shape index (κ3) is 3.72. The lowest BCUT2D eigenvalue weighted by molar-refractivity contribution is 0.576. The standard InChI is InChI=1S/C8H13N3O3S/c1-15(13,14)10-4-6-11-5-2-3-7(9)8(11)12/h2-3,5,10H,4,6,9H2,1H3. The Balaban J connectivity index is 2.67. The summed E-state index contributed by atoms with van der Waals surface area (Å²) in [6, 6.07) is 3.14. The predicted octanol–water partition coefficient (Wildman–Crippen LogP) is -1.02. The molecule has 0 saturated carbocycles. The molecular formula is C8H13N3O3S. The van der Waals surface area contributed by atoms with Crippen molar-refractivity contribution in [1.82, 2.24) is 9.29 Å². The molecule has 0 aliphatic heterocycles. The molecule has 3 N–H and O–H groups in total. The third-order valence-corrected chi connectivity index (χ3v) is 2.50. The van der Waals surface area contributed by atoms with E-state index in [-0.39, 0.29) is 24.3 Å².